The van der Waals surface area contributed by atoms with Crippen molar-refractivity contribution in [3.63, 3.8) is 0 Å². The fourth-order valence-corrected chi connectivity index (χ4v) is 4.32. The molecule has 0 atom stereocenters. The Morgan fingerprint density at radius 1 is 1.33 bits per heavy atom. The normalized spacial score (nSPS) is 21.3. The predicted octanol–water partition coefficient (Wildman–Crippen LogP) is 2.27. The summed E-state index contributed by atoms with van der Waals surface area (Å²) in [6.07, 6.45) is 3.70. The molecule has 1 fully saturated rings. The number of fused-ring (bicyclic) bond motifs is 1. The van der Waals surface area contributed by atoms with E-state index >= 15 is 0 Å². The summed E-state index contributed by atoms with van der Waals surface area (Å²) in [6.45, 7) is 2.51. The third kappa shape index (κ3) is 1.89. The molecule has 0 unspecified atom stereocenters. The summed E-state index contributed by atoms with van der Waals surface area (Å²) >= 11 is 0. The molecule has 4 heteroatoms. The van der Waals surface area contributed by atoms with Crippen LogP contribution < -0.4 is 5.32 Å². The fraction of sp³-hybridized carbons (Fsp3) is 0.429. The van der Waals surface area contributed by atoms with Gasteiger partial charge >= 0.3 is 0 Å². The van der Waals surface area contributed by atoms with E-state index in [-0.39, 0.29) is 0 Å². The van der Waals surface area contributed by atoms with Crippen molar-refractivity contribution < 1.29 is 8.42 Å². The SMILES string of the molecule is Cc1cccc2c1S(=O)(=O)C=C2CNC1CCC1. The van der Waals surface area contributed by atoms with Crippen LogP contribution >= 0.6 is 0 Å². The lowest BCUT2D eigenvalue weighted by Crippen LogP contribution is -2.35. The number of rotatable bonds is 3. The molecule has 96 valence electrons. The smallest absolute Gasteiger partial charge is 0.201 e. The third-order valence-electron chi connectivity index (χ3n) is 3.83. The van der Waals surface area contributed by atoms with Gasteiger partial charge in [0, 0.05) is 18.0 Å². The van der Waals surface area contributed by atoms with Crippen molar-refractivity contribution in [1.29, 1.82) is 0 Å². The molecule has 1 aromatic rings. The summed E-state index contributed by atoms with van der Waals surface area (Å²) in [7, 11) is -3.22. The van der Waals surface area contributed by atoms with Crippen LogP contribution in [-0.2, 0) is 9.84 Å². The van der Waals surface area contributed by atoms with Crippen LogP contribution in [0.2, 0.25) is 0 Å². The van der Waals surface area contributed by atoms with Crippen LogP contribution in [0.3, 0.4) is 0 Å². The van der Waals surface area contributed by atoms with Crippen molar-refractivity contribution >= 4 is 15.4 Å². The molecule has 18 heavy (non-hydrogen) atoms. The average molecular weight is 263 g/mol. The van der Waals surface area contributed by atoms with E-state index in [1.807, 2.05) is 25.1 Å². The van der Waals surface area contributed by atoms with Gasteiger partial charge in [0.2, 0.25) is 9.84 Å². The van der Waals surface area contributed by atoms with Crippen LogP contribution in [0.5, 0.6) is 0 Å². The Morgan fingerprint density at radius 2 is 2.11 bits per heavy atom. The molecule has 1 saturated carbocycles. The van der Waals surface area contributed by atoms with Crippen LogP contribution in [0.4, 0.5) is 0 Å². The standard InChI is InChI=1S/C14H17NO2S/c1-10-4-2-7-13-11(8-15-12-5-3-6-12)9-18(16,17)14(10)13/h2,4,7,9,12,15H,3,5-6,8H2,1H3. The molecule has 0 saturated heterocycles. The first-order valence-electron chi connectivity index (χ1n) is 6.37. The molecule has 3 rings (SSSR count). The first-order valence-corrected chi connectivity index (χ1v) is 7.91. The van der Waals surface area contributed by atoms with Crippen molar-refractivity contribution in [2.45, 2.75) is 37.1 Å². The third-order valence-corrected chi connectivity index (χ3v) is 5.53. The van der Waals surface area contributed by atoms with Gasteiger partial charge in [-0.3, -0.25) is 0 Å². The van der Waals surface area contributed by atoms with Crippen molar-refractivity contribution in [1.82, 2.24) is 5.32 Å². The Kier molecular flexibility index (Phi) is 2.79. The predicted molar refractivity (Wildman–Crippen MR) is 72.0 cm³/mol. The quantitative estimate of drug-likeness (QED) is 0.910. The first kappa shape index (κ1) is 11.9. The molecule has 1 aromatic carbocycles. The Morgan fingerprint density at radius 3 is 2.78 bits per heavy atom. The summed E-state index contributed by atoms with van der Waals surface area (Å²) in [4.78, 5) is 0.496. The second kappa shape index (κ2) is 4.21. The number of hydrogen-bond acceptors (Lipinski definition) is 3. The van der Waals surface area contributed by atoms with Crippen molar-refractivity contribution in [2.75, 3.05) is 6.54 Å². The molecule has 0 aromatic heterocycles. The topological polar surface area (TPSA) is 46.2 Å². The largest absolute Gasteiger partial charge is 0.310 e. The molecule has 0 spiro atoms. The molecule has 0 bridgehead atoms. The molecule has 1 N–H and O–H groups in total. The van der Waals surface area contributed by atoms with E-state index in [2.05, 4.69) is 5.32 Å². The highest BCUT2D eigenvalue weighted by Crippen LogP contribution is 2.35. The molecule has 0 radical (unpaired) electrons. The average Bonchev–Trinajstić information content (AvgIpc) is 2.50. The maximum Gasteiger partial charge on any atom is 0.201 e. The van der Waals surface area contributed by atoms with Crippen LogP contribution in [0, 0.1) is 6.92 Å². The van der Waals surface area contributed by atoms with Gasteiger partial charge in [-0.1, -0.05) is 24.6 Å². The van der Waals surface area contributed by atoms with Gasteiger partial charge in [-0.25, -0.2) is 8.42 Å². The van der Waals surface area contributed by atoms with Crippen molar-refractivity contribution in [3.05, 3.63) is 34.7 Å². The van der Waals surface area contributed by atoms with E-state index in [1.54, 1.807) is 0 Å². The summed E-state index contributed by atoms with van der Waals surface area (Å²) in [5.74, 6) is 0. The van der Waals surface area contributed by atoms with Gasteiger partial charge in [0.05, 0.1) is 4.90 Å². The number of hydrogen-bond donors (Lipinski definition) is 1. The molecule has 2 aliphatic rings. The van der Waals surface area contributed by atoms with Crippen LogP contribution in [-0.4, -0.2) is 21.0 Å². The molecule has 1 heterocycles. The van der Waals surface area contributed by atoms with Gasteiger partial charge in [0.25, 0.3) is 0 Å². The zero-order valence-corrected chi connectivity index (χ0v) is 11.3. The zero-order valence-electron chi connectivity index (χ0n) is 10.4. The van der Waals surface area contributed by atoms with Gasteiger partial charge < -0.3 is 5.32 Å². The second-order valence-electron chi connectivity index (χ2n) is 5.15. The monoisotopic (exact) mass is 263 g/mol. The molecular weight excluding hydrogens is 246 g/mol. The highest BCUT2D eigenvalue weighted by molar-refractivity contribution is 7.95. The van der Waals surface area contributed by atoms with Gasteiger partial charge in [-0.05, 0) is 36.5 Å². The van der Waals surface area contributed by atoms with Gasteiger partial charge in [-0.2, -0.15) is 0 Å². The van der Waals surface area contributed by atoms with E-state index in [0.717, 1.165) is 16.7 Å². The van der Waals surface area contributed by atoms with Gasteiger partial charge in [0.15, 0.2) is 0 Å². The Balaban J connectivity index is 1.91. The molecule has 1 aliphatic carbocycles. The van der Waals surface area contributed by atoms with E-state index in [0.29, 0.717) is 17.5 Å². The molecular formula is C14H17NO2S. The lowest BCUT2D eigenvalue weighted by molar-refractivity contribution is 0.353. The molecule has 1 aliphatic heterocycles. The van der Waals surface area contributed by atoms with Gasteiger partial charge in [-0.15, -0.1) is 0 Å². The highest BCUT2D eigenvalue weighted by atomic mass is 32.2. The van der Waals surface area contributed by atoms with E-state index in [4.69, 9.17) is 0 Å². The number of sulfone groups is 1. The van der Waals surface area contributed by atoms with Crippen molar-refractivity contribution in [3.8, 4) is 0 Å². The Bertz CT molecular complexity index is 613. The lowest BCUT2D eigenvalue weighted by atomic mass is 9.93. The van der Waals surface area contributed by atoms with E-state index in [1.165, 1.54) is 24.7 Å². The zero-order chi connectivity index (χ0) is 12.8. The first-order chi connectivity index (χ1) is 8.58. The maximum atomic E-state index is 12.1. The van der Waals surface area contributed by atoms with Gasteiger partial charge in [0.1, 0.15) is 0 Å². The minimum atomic E-state index is -3.22. The number of benzene rings is 1. The maximum absolute atomic E-state index is 12.1. The lowest BCUT2D eigenvalue weighted by Gasteiger charge is -2.26. The summed E-state index contributed by atoms with van der Waals surface area (Å²) in [5.41, 5.74) is 2.62. The Hall–Kier alpha value is -1.13. The second-order valence-corrected chi connectivity index (χ2v) is 6.88. The van der Waals surface area contributed by atoms with Crippen molar-refractivity contribution in [2.24, 2.45) is 0 Å². The van der Waals surface area contributed by atoms with Crippen LogP contribution in [0.1, 0.15) is 30.4 Å². The van der Waals surface area contributed by atoms with Crippen LogP contribution in [0.15, 0.2) is 28.5 Å². The number of aryl methyl sites for hydroxylation is 1. The van der Waals surface area contributed by atoms with E-state index in [9.17, 15) is 8.42 Å². The van der Waals surface area contributed by atoms with Crippen LogP contribution in [0.25, 0.3) is 5.57 Å². The molecule has 0 amide bonds. The highest BCUT2D eigenvalue weighted by Gasteiger charge is 2.28. The van der Waals surface area contributed by atoms with E-state index < -0.39 is 9.84 Å². The summed E-state index contributed by atoms with van der Waals surface area (Å²) in [6, 6.07) is 6.25. The minimum absolute atomic E-state index is 0.496. The minimum Gasteiger partial charge on any atom is -0.310 e. The summed E-state index contributed by atoms with van der Waals surface area (Å²) in [5, 5.41) is 4.85. The number of nitrogens with one attached hydrogen (secondary N) is 1. The Labute approximate surface area is 108 Å². The molecule has 3 nitrogen and oxygen atoms in total. The summed E-state index contributed by atoms with van der Waals surface area (Å²) < 4.78 is 24.2. The fourth-order valence-electron chi connectivity index (χ4n) is 2.60.